The number of likely N-dealkylation sites (tertiary alicyclic amines) is 2. The number of benzene rings is 1. The molecule has 11 heterocycles. The van der Waals surface area contributed by atoms with E-state index in [1.807, 2.05) is 58.7 Å². The van der Waals surface area contributed by atoms with Crippen LogP contribution in [0.3, 0.4) is 0 Å². The molecular formula is C54H60N18O2. The Morgan fingerprint density at radius 2 is 1.00 bits per heavy atom. The van der Waals surface area contributed by atoms with E-state index in [9.17, 15) is 9.59 Å². The Morgan fingerprint density at radius 1 is 0.527 bits per heavy atom. The molecule has 0 spiro atoms. The summed E-state index contributed by atoms with van der Waals surface area (Å²) >= 11 is 0. The van der Waals surface area contributed by atoms with E-state index in [1.54, 1.807) is 24.3 Å². The number of aromatic amines is 2. The lowest BCUT2D eigenvalue weighted by Gasteiger charge is -2.13. The molecule has 3 aliphatic rings. The van der Waals surface area contributed by atoms with Crippen LogP contribution in [0.4, 0.5) is 11.9 Å². The smallest absolute Gasteiger partial charge is 0.261 e. The van der Waals surface area contributed by atoms with Gasteiger partial charge in [0.1, 0.15) is 11.3 Å². The zero-order valence-electron chi connectivity index (χ0n) is 41.3. The van der Waals surface area contributed by atoms with E-state index in [0.717, 1.165) is 112 Å². The van der Waals surface area contributed by atoms with Gasteiger partial charge in [0.2, 0.25) is 11.9 Å². The highest BCUT2D eigenvalue weighted by Crippen LogP contribution is 2.33. The summed E-state index contributed by atoms with van der Waals surface area (Å²) in [6, 6.07) is 15.0. The van der Waals surface area contributed by atoms with Crippen molar-refractivity contribution >= 4 is 45.8 Å². The Labute approximate surface area is 427 Å². The van der Waals surface area contributed by atoms with Crippen LogP contribution >= 0.6 is 0 Å². The number of carbonyl (C=O) groups is 2. The lowest BCUT2D eigenvalue weighted by Crippen LogP contribution is -2.31. The van der Waals surface area contributed by atoms with E-state index < -0.39 is 0 Å². The molecule has 0 bridgehead atoms. The van der Waals surface area contributed by atoms with Crippen LogP contribution in [0.2, 0.25) is 0 Å². The summed E-state index contributed by atoms with van der Waals surface area (Å²) in [6.45, 7) is 9.48. The zero-order chi connectivity index (χ0) is 50.5. The molecule has 0 atom stereocenters. The van der Waals surface area contributed by atoms with E-state index in [1.165, 1.54) is 56.8 Å². The first kappa shape index (κ1) is 48.1. The topological polar surface area (TPSA) is 266 Å². The van der Waals surface area contributed by atoms with Gasteiger partial charge in [-0.05, 0) is 120 Å². The first-order valence-electron chi connectivity index (χ1n) is 25.6. The summed E-state index contributed by atoms with van der Waals surface area (Å²) in [4.78, 5) is 65.2. The van der Waals surface area contributed by atoms with Gasteiger partial charge in [0.15, 0.2) is 0 Å². The van der Waals surface area contributed by atoms with Gasteiger partial charge in [0, 0.05) is 112 Å². The summed E-state index contributed by atoms with van der Waals surface area (Å²) in [6.07, 6.45) is 23.4. The molecular weight excluding hydrogens is 933 g/mol. The first-order valence-corrected chi connectivity index (χ1v) is 25.6. The molecule has 2 amide bonds. The lowest BCUT2D eigenvalue weighted by molar-refractivity contribution is 0.0652. The standard InChI is InChI=1S/C31H31N9O2.C23H29N9/c32-31-36-22(6-5-11-40-29(41)23-7-1-2-8-24(23)30(40)42)15-27(37-31)26-18-34-28-25(26)14-20(16-33-28)21-17-35-39(19-21)13-12-38-9-3-4-10-38;24-5-3-4-18-11-21(30-23(25)29-18)20-14-27-22-19(20)10-16(12-26-22)17-13-28-32(15-17)9-8-31-6-1-2-7-31/h1-2,7-8,14-19H,3-6,9-13H2,(H,33,34)(H2,32,36,37);10-15H,1-9,24H2,(H,26,27)(H2,25,29,30). The number of nitrogen functional groups attached to an aromatic ring is 2. The number of nitrogens with one attached hydrogen (secondary N) is 2. The fourth-order valence-electron chi connectivity index (χ4n) is 10.2. The monoisotopic (exact) mass is 993 g/mol. The predicted molar refractivity (Wildman–Crippen MR) is 284 cm³/mol. The van der Waals surface area contributed by atoms with Gasteiger partial charge in [-0.15, -0.1) is 0 Å². The van der Waals surface area contributed by atoms with Crippen molar-refractivity contribution in [3.63, 3.8) is 0 Å². The maximum Gasteiger partial charge on any atom is 0.261 e. The zero-order valence-corrected chi connectivity index (χ0v) is 41.3. The summed E-state index contributed by atoms with van der Waals surface area (Å²) < 4.78 is 4.01. The molecule has 0 saturated carbocycles. The molecule has 74 heavy (non-hydrogen) atoms. The SMILES string of the molecule is NCCCc1cc(-c2c[nH]c3ncc(-c4cnn(CCN5CCCC5)c4)cc23)nc(N)n1.Nc1nc(CCCN2C(=O)c3ccccc3C2=O)cc(-c2c[nH]c3ncc(-c4cnn(CCN5CCCC5)c4)cc23)n1. The maximum atomic E-state index is 12.7. The highest BCUT2D eigenvalue weighted by molar-refractivity contribution is 6.21. The Bertz CT molecular complexity index is 3420. The molecule has 2 saturated heterocycles. The molecule has 9 aromatic rings. The Morgan fingerprint density at radius 3 is 1.47 bits per heavy atom. The van der Waals surface area contributed by atoms with Crippen molar-refractivity contribution in [3.8, 4) is 44.8 Å². The molecule has 378 valence electrons. The second-order valence-corrected chi connectivity index (χ2v) is 19.2. The molecule has 0 radical (unpaired) electrons. The highest BCUT2D eigenvalue weighted by atomic mass is 16.2. The minimum atomic E-state index is -0.252. The number of amides is 2. The van der Waals surface area contributed by atoms with Crippen molar-refractivity contribution in [1.82, 2.24) is 74.1 Å². The van der Waals surface area contributed by atoms with Crippen LogP contribution in [-0.4, -0.2) is 138 Å². The van der Waals surface area contributed by atoms with Gasteiger partial charge in [0.05, 0.1) is 48.0 Å². The number of hydrogen-bond donors (Lipinski definition) is 5. The quantitative estimate of drug-likeness (QED) is 0.0632. The number of H-pyrrole nitrogens is 2. The number of aromatic nitrogens is 12. The number of imide groups is 1. The van der Waals surface area contributed by atoms with Crippen molar-refractivity contribution in [2.75, 3.05) is 63.8 Å². The van der Waals surface area contributed by atoms with Gasteiger partial charge in [-0.3, -0.25) is 23.9 Å². The second-order valence-electron chi connectivity index (χ2n) is 19.2. The number of hydrogen-bond acceptors (Lipinski definition) is 15. The summed E-state index contributed by atoms with van der Waals surface area (Å²) in [7, 11) is 0. The van der Waals surface area contributed by atoms with Crippen LogP contribution in [0.25, 0.3) is 66.8 Å². The number of rotatable bonds is 17. The van der Waals surface area contributed by atoms with Crippen LogP contribution in [0.1, 0.15) is 70.6 Å². The highest BCUT2D eigenvalue weighted by Gasteiger charge is 2.34. The van der Waals surface area contributed by atoms with Crippen molar-refractivity contribution in [2.45, 2.75) is 64.5 Å². The summed E-state index contributed by atoms with van der Waals surface area (Å²) in [5.74, 6) is -0.0660. The number of fused-ring (bicyclic) bond motifs is 3. The van der Waals surface area contributed by atoms with Crippen molar-refractivity contribution < 1.29 is 9.59 Å². The van der Waals surface area contributed by atoms with Crippen LogP contribution in [0.15, 0.2) is 98.1 Å². The molecule has 3 aliphatic heterocycles. The minimum absolute atomic E-state index is 0.168. The van der Waals surface area contributed by atoms with Gasteiger partial charge in [-0.1, -0.05) is 12.1 Å². The summed E-state index contributed by atoms with van der Waals surface area (Å²) in [5, 5.41) is 11.1. The number of nitrogens with two attached hydrogens (primary N) is 3. The van der Waals surface area contributed by atoms with E-state index in [-0.39, 0.29) is 23.7 Å². The fourth-order valence-corrected chi connectivity index (χ4v) is 10.2. The summed E-state index contributed by atoms with van der Waals surface area (Å²) in [5.41, 5.74) is 29.2. The number of anilines is 2. The predicted octanol–water partition coefficient (Wildman–Crippen LogP) is 6.24. The third kappa shape index (κ3) is 10.5. The largest absolute Gasteiger partial charge is 0.368 e. The van der Waals surface area contributed by atoms with Crippen LogP contribution in [0, 0.1) is 0 Å². The van der Waals surface area contributed by atoms with Gasteiger partial charge in [-0.2, -0.15) is 10.2 Å². The Hall–Kier alpha value is -8.20. The third-order valence-corrected chi connectivity index (χ3v) is 14.2. The Kier molecular flexibility index (Phi) is 14.0. The van der Waals surface area contributed by atoms with Crippen LogP contribution in [0.5, 0.6) is 0 Å². The second kappa shape index (κ2) is 21.5. The number of pyridine rings is 2. The van der Waals surface area contributed by atoms with Crippen molar-refractivity contribution in [1.29, 1.82) is 0 Å². The molecule has 2 fully saturated rings. The molecule has 8 N–H and O–H groups in total. The normalized spacial score (nSPS) is 15.0. The lowest BCUT2D eigenvalue weighted by atomic mass is 10.1. The van der Waals surface area contributed by atoms with Crippen molar-refractivity contribution in [2.24, 2.45) is 5.73 Å². The molecule has 12 rings (SSSR count). The first-order chi connectivity index (χ1) is 36.2. The Balaban J connectivity index is 0.000000165. The molecule has 0 aliphatic carbocycles. The maximum absolute atomic E-state index is 12.7. The molecule has 20 nitrogen and oxygen atoms in total. The number of nitrogens with zero attached hydrogens (tertiary/aromatic N) is 13. The van der Waals surface area contributed by atoms with Gasteiger partial charge in [-0.25, -0.2) is 29.9 Å². The van der Waals surface area contributed by atoms with Crippen LogP contribution < -0.4 is 17.2 Å². The van der Waals surface area contributed by atoms with E-state index in [4.69, 9.17) is 17.2 Å². The molecule has 8 aromatic heterocycles. The van der Waals surface area contributed by atoms with Crippen LogP contribution in [-0.2, 0) is 25.9 Å². The van der Waals surface area contributed by atoms with Crippen molar-refractivity contribution in [3.05, 3.63) is 121 Å². The number of carbonyl (C=O) groups excluding carboxylic acids is 2. The minimum Gasteiger partial charge on any atom is -0.368 e. The average molecular weight is 993 g/mol. The molecule has 20 heteroatoms. The van der Waals surface area contributed by atoms with Gasteiger partial charge < -0.3 is 37.0 Å². The number of aryl methyl sites for hydroxylation is 2. The molecule has 1 aromatic carbocycles. The van der Waals surface area contributed by atoms with E-state index in [0.29, 0.717) is 42.8 Å². The fraction of sp³-hybridized carbons (Fsp3) is 0.333. The third-order valence-electron chi connectivity index (χ3n) is 14.2. The van der Waals surface area contributed by atoms with Gasteiger partial charge in [0.25, 0.3) is 11.8 Å². The average Bonchev–Trinajstić information content (AvgIpc) is 4.29. The van der Waals surface area contributed by atoms with E-state index in [2.05, 4.69) is 84.4 Å². The van der Waals surface area contributed by atoms with Gasteiger partial charge >= 0.3 is 0 Å². The van der Waals surface area contributed by atoms with E-state index >= 15 is 0 Å². The molecule has 0 unspecified atom stereocenters.